The number of alkyl halides is 3. The molecule has 2 bridgehead atoms. The van der Waals surface area contributed by atoms with Gasteiger partial charge in [-0.15, -0.1) is 11.8 Å². The first-order valence-electron chi connectivity index (χ1n) is 15.2. The number of fused-ring (bicyclic) bond motifs is 9. The molecule has 3 aromatic carbocycles. The Hall–Kier alpha value is -4.43. The van der Waals surface area contributed by atoms with E-state index in [9.17, 15) is 36.7 Å². The van der Waals surface area contributed by atoms with Crippen LogP contribution < -0.4 is 19.8 Å². The van der Waals surface area contributed by atoms with Gasteiger partial charge in [-0.1, -0.05) is 29.5 Å². The van der Waals surface area contributed by atoms with Crippen molar-refractivity contribution in [2.75, 3.05) is 16.8 Å². The first-order chi connectivity index (χ1) is 23.0. The van der Waals surface area contributed by atoms with Crippen LogP contribution in [0.1, 0.15) is 28.3 Å². The molecule has 2 N–H and O–H groups in total. The minimum Gasteiger partial charge on any atom is -0.484 e. The molecule has 2 saturated carbocycles. The van der Waals surface area contributed by atoms with Gasteiger partial charge in [-0.25, -0.2) is 4.39 Å². The third kappa shape index (κ3) is 5.04. The van der Waals surface area contributed by atoms with Crippen LogP contribution in [0.15, 0.2) is 82.6 Å². The molecule has 3 fully saturated rings. The number of hydrogen-bond donors (Lipinski definition) is 2. The Morgan fingerprint density at radius 1 is 0.958 bits per heavy atom. The van der Waals surface area contributed by atoms with Crippen molar-refractivity contribution < 1.29 is 36.7 Å². The fourth-order valence-electron chi connectivity index (χ4n) is 8.14. The number of benzene rings is 3. The molecule has 0 radical (unpaired) electrons. The van der Waals surface area contributed by atoms with Crippen molar-refractivity contribution in [2.45, 2.75) is 28.8 Å². The van der Waals surface area contributed by atoms with Crippen molar-refractivity contribution in [3.63, 3.8) is 0 Å². The largest absolute Gasteiger partial charge is 0.484 e. The molecule has 3 heterocycles. The van der Waals surface area contributed by atoms with Crippen LogP contribution in [0.4, 0.5) is 28.9 Å². The number of aromatic nitrogens is 1. The summed E-state index contributed by atoms with van der Waals surface area (Å²) in [5, 5.41) is 3.23. The molecule has 2 aliphatic carbocycles. The third-order valence-electron chi connectivity index (χ3n) is 9.87. The summed E-state index contributed by atoms with van der Waals surface area (Å²) >= 11 is 2.59. The summed E-state index contributed by atoms with van der Waals surface area (Å²) in [6.07, 6.45) is -4.02. The first-order valence-corrected chi connectivity index (χ1v) is 16.9. The molecule has 48 heavy (non-hydrogen) atoms. The quantitative estimate of drug-likeness (QED) is 0.181. The van der Waals surface area contributed by atoms with Gasteiger partial charge in [0.15, 0.2) is 6.61 Å². The second kappa shape index (κ2) is 11.3. The predicted molar refractivity (Wildman–Crippen MR) is 169 cm³/mol. The van der Waals surface area contributed by atoms with Crippen LogP contribution in [-0.2, 0) is 20.6 Å². The van der Waals surface area contributed by atoms with E-state index in [1.807, 2.05) is 6.07 Å². The molecule has 8 nitrogen and oxygen atoms in total. The van der Waals surface area contributed by atoms with Gasteiger partial charge in [0.05, 0.1) is 28.1 Å². The molecule has 4 aliphatic rings. The summed E-state index contributed by atoms with van der Waals surface area (Å²) in [6.45, 7) is -0.313. The summed E-state index contributed by atoms with van der Waals surface area (Å²) in [5.41, 5.74) is 0.209. The van der Waals surface area contributed by atoms with Gasteiger partial charge in [-0.2, -0.15) is 13.2 Å². The average molecular weight is 696 g/mol. The number of halogens is 4. The van der Waals surface area contributed by atoms with E-state index in [2.05, 4.69) is 10.3 Å². The molecule has 14 heteroatoms. The van der Waals surface area contributed by atoms with Crippen molar-refractivity contribution in [1.29, 1.82) is 0 Å². The Morgan fingerprint density at radius 2 is 1.69 bits per heavy atom. The molecule has 1 saturated heterocycles. The van der Waals surface area contributed by atoms with E-state index in [1.165, 1.54) is 48.2 Å². The highest BCUT2D eigenvalue weighted by molar-refractivity contribution is 8.00. The number of rotatable bonds is 6. The van der Waals surface area contributed by atoms with Crippen molar-refractivity contribution >= 4 is 52.2 Å². The number of carbonyl (C=O) groups is 3. The second-order valence-electron chi connectivity index (χ2n) is 12.4. The zero-order valence-electron chi connectivity index (χ0n) is 24.7. The number of imide groups is 1. The molecule has 7 atom stereocenters. The zero-order valence-corrected chi connectivity index (χ0v) is 26.3. The SMILES string of the molecule is O=C(COc1cccc([C@H]2c3sc(=O)[nH]c3SC3C4CC(C5C(=O)N(c6cccc(C(F)(F)F)c6)C(=O)C45)C32)c1)Nc1ccc(F)cc1. The van der Waals surface area contributed by atoms with E-state index in [-0.39, 0.29) is 46.1 Å². The topological polar surface area (TPSA) is 109 Å². The van der Waals surface area contributed by atoms with E-state index < -0.39 is 47.1 Å². The van der Waals surface area contributed by atoms with Crippen LogP contribution in [-0.4, -0.2) is 34.6 Å². The summed E-state index contributed by atoms with van der Waals surface area (Å²) in [6, 6.07) is 16.8. The van der Waals surface area contributed by atoms with Gasteiger partial charge in [0, 0.05) is 21.7 Å². The van der Waals surface area contributed by atoms with Gasteiger partial charge in [-0.3, -0.25) is 24.1 Å². The Kier molecular flexibility index (Phi) is 7.29. The molecular formula is C34H25F4N3O5S2. The highest BCUT2D eigenvalue weighted by Crippen LogP contribution is 2.68. The summed E-state index contributed by atoms with van der Waals surface area (Å²) in [4.78, 5) is 57.4. The standard InChI is InChI=1S/C34H25F4N3O5S2/c35-17-7-9-18(10-8-17)39-23(42)14-46-20-6-1-3-15(11-20)24-25-21-13-22(28(25)47-30-29(24)48-33(45)40-30)27-26(21)31(43)41(32(27)44)19-5-2-4-16(12-19)34(36,37)38/h1-12,21-22,24-28H,13-14H2,(H,39,42)(H,40,45)/t21?,22?,24-,25?,26?,27?,28?/m1/s1. The number of nitrogens with zero attached hydrogens (tertiary/aromatic N) is 1. The molecule has 3 amide bonds. The van der Waals surface area contributed by atoms with Crippen LogP contribution in [0.3, 0.4) is 0 Å². The van der Waals surface area contributed by atoms with E-state index >= 15 is 0 Å². The van der Waals surface area contributed by atoms with E-state index in [0.717, 1.165) is 38.8 Å². The van der Waals surface area contributed by atoms with Crippen LogP contribution in [0.25, 0.3) is 0 Å². The lowest BCUT2D eigenvalue weighted by Crippen LogP contribution is -2.42. The fourth-order valence-corrected chi connectivity index (χ4v) is 11.0. The normalized spacial score (nSPS) is 27.1. The molecule has 2 aliphatic heterocycles. The highest BCUT2D eigenvalue weighted by atomic mass is 32.2. The number of H-pyrrole nitrogens is 1. The van der Waals surface area contributed by atoms with E-state index in [4.69, 9.17) is 4.74 Å². The van der Waals surface area contributed by atoms with Gasteiger partial charge in [0.25, 0.3) is 5.91 Å². The second-order valence-corrected chi connectivity index (χ2v) is 14.6. The number of carbonyl (C=O) groups excluding carboxylic acids is 3. The lowest BCUT2D eigenvalue weighted by molar-refractivity contribution is -0.137. The Bertz CT molecular complexity index is 2030. The van der Waals surface area contributed by atoms with E-state index in [1.54, 1.807) is 18.2 Å². The maximum absolute atomic E-state index is 14.0. The van der Waals surface area contributed by atoms with Crippen molar-refractivity contribution in [2.24, 2.45) is 29.6 Å². The highest BCUT2D eigenvalue weighted by Gasteiger charge is 2.69. The average Bonchev–Trinajstić information content (AvgIpc) is 3.79. The van der Waals surface area contributed by atoms with Crippen LogP contribution in [0.5, 0.6) is 5.75 Å². The zero-order chi connectivity index (χ0) is 33.5. The van der Waals surface area contributed by atoms with Crippen LogP contribution >= 0.6 is 23.1 Å². The molecule has 6 unspecified atom stereocenters. The third-order valence-corrected chi connectivity index (χ3v) is 12.5. The number of thioether (sulfide) groups is 1. The van der Waals surface area contributed by atoms with Gasteiger partial charge in [0.2, 0.25) is 11.8 Å². The molecule has 0 spiro atoms. The van der Waals surface area contributed by atoms with Crippen LogP contribution in [0.2, 0.25) is 0 Å². The number of anilines is 2. The molecular weight excluding hydrogens is 671 g/mol. The predicted octanol–water partition coefficient (Wildman–Crippen LogP) is 6.29. The lowest BCUT2D eigenvalue weighted by Gasteiger charge is -2.43. The van der Waals surface area contributed by atoms with Gasteiger partial charge in [0.1, 0.15) is 11.6 Å². The van der Waals surface area contributed by atoms with E-state index in [0.29, 0.717) is 22.9 Å². The minimum atomic E-state index is -4.63. The molecule has 8 rings (SSSR count). The number of nitrogens with one attached hydrogen (secondary N) is 2. The molecule has 1 aromatic heterocycles. The smallest absolute Gasteiger partial charge is 0.416 e. The Balaban J connectivity index is 1.08. The monoisotopic (exact) mass is 695 g/mol. The van der Waals surface area contributed by atoms with Crippen molar-refractivity contribution in [3.8, 4) is 5.75 Å². The lowest BCUT2D eigenvalue weighted by atomic mass is 9.68. The maximum Gasteiger partial charge on any atom is 0.416 e. The Morgan fingerprint density at radius 3 is 2.44 bits per heavy atom. The van der Waals surface area contributed by atoms with Gasteiger partial charge >= 0.3 is 11.0 Å². The fraction of sp³-hybridized carbons (Fsp3) is 0.294. The van der Waals surface area contributed by atoms with Crippen molar-refractivity contribution in [1.82, 2.24) is 4.98 Å². The Labute approximate surface area is 278 Å². The van der Waals surface area contributed by atoms with Crippen molar-refractivity contribution in [3.05, 3.63) is 104 Å². The maximum atomic E-state index is 14.0. The molecule has 4 aromatic rings. The summed E-state index contributed by atoms with van der Waals surface area (Å²) in [5.74, 6) is -3.71. The number of ether oxygens (including phenoxy) is 1. The number of thiazole rings is 1. The first kappa shape index (κ1) is 30.9. The summed E-state index contributed by atoms with van der Waals surface area (Å²) in [7, 11) is 0. The molecule has 246 valence electrons. The number of aromatic amines is 1. The van der Waals surface area contributed by atoms with Gasteiger partial charge < -0.3 is 15.0 Å². The number of hydrogen-bond acceptors (Lipinski definition) is 7. The number of amides is 3. The van der Waals surface area contributed by atoms with Crippen LogP contribution in [0, 0.1) is 35.4 Å². The minimum absolute atomic E-state index is 0.0856. The summed E-state index contributed by atoms with van der Waals surface area (Å²) < 4.78 is 59.6. The van der Waals surface area contributed by atoms with Gasteiger partial charge in [-0.05, 0) is 84.3 Å².